The molecule has 2 unspecified atom stereocenters. The minimum absolute atomic E-state index is 0.301. The molecule has 0 spiro atoms. The van der Waals surface area contributed by atoms with Gasteiger partial charge in [0.05, 0.1) is 0 Å². The third-order valence-corrected chi connectivity index (χ3v) is 2.83. The highest BCUT2D eigenvalue weighted by atomic mass is 79.9. The summed E-state index contributed by atoms with van der Waals surface area (Å²) in [5.74, 6) is -3.29. The number of Topliss-reactive ketones (excluding diaryl/α,β-unsaturated/α-hetero) is 1. The zero-order valence-corrected chi connectivity index (χ0v) is 8.61. The Balaban J connectivity index is 2.97. The van der Waals surface area contributed by atoms with Crippen LogP contribution in [0.2, 0.25) is 0 Å². The Morgan fingerprint density at radius 3 is 2.43 bits per heavy atom. The molecule has 14 heavy (non-hydrogen) atoms. The molecule has 0 saturated carbocycles. The van der Waals surface area contributed by atoms with Gasteiger partial charge in [-0.1, -0.05) is 15.9 Å². The Labute approximate surface area is 85.7 Å². The van der Waals surface area contributed by atoms with E-state index >= 15 is 0 Å². The summed E-state index contributed by atoms with van der Waals surface area (Å²) in [5.41, 5.74) is 0. The maximum Gasteiger partial charge on any atom is 0.452 e. The van der Waals surface area contributed by atoms with Crippen molar-refractivity contribution in [3.63, 3.8) is 0 Å². The summed E-state index contributed by atoms with van der Waals surface area (Å²) < 4.78 is 38.4. The largest absolute Gasteiger partial charge is 0.461 e. The van der Waals surface area contributed by atoms with Crippen LogP contribution in [0.4, 0.5) is 13.2 Å². The third-order valence-electron chi connectivity index (χ3n) is 1.82. The van der Waals surface area contributed by atoms with Crippen LogP contribution < -0.4 is 0 Å². The van der Waals surface area contributed by atoms with Crippen LogP contribution in [0.5, 0.6) is 0 Å². The molecule has 2 atom stereocenters. The van der Waals surface area contributed by atoms with Gasteiger partial charge in [0.15, 0.2) is 4.32 Å². The highest BCUT2D eigenvalue weighted by molar-refractivity contribution is 9.10. The fourth-order valence-corrected chi connectivity index (χ4v) is 1.98. The van der Waals surface area contributed by atoms with Gasteiger partial charge >= 0.3 is 12.1 Å². The summed E-state index contributed by atoms with van der Waals surface area (Å²) in [5, 5.41) is 0. The summed E-state index contributed by atoms with van der Waals surface area (Å²) in [6.07, 6.45) is -6.02. The predicted octanol–water partition coefficient (Wildman–Crippen LogP) is 1.59. The van der Waals surface area contributed by atoms with Gasteiger partial charge in [-0.2, -0.15) is 13.2 Å². The number of carbonyl (C=O) groups excluding carboxylic acids is 2. The van der Waals surface area contributed by atoms with Crippen LogP contribution in [0.3, 0.4) is 0 Å². The lowest BCUT2D eigenvalue weighted by Gasteiger charge is -2.16. The quantitative estimate of drug-likeness (QED) is 0.414. The Morgan fingerprint density at radius 1 is 1.64 bits per heavy atom. The van der Waals surface area contributed by atoms with Gasteiger partial charge < -0.3 is 4.74 Å². The molecule has 0 aromatic heterocycles. The number of hydrogen-bond acceptors (Lipinski definition) is 3. The molecule has 1 heterocycles. The number of hydrogen-bond donors (Lipinski definition) is 0. The average Bonchev–Trinajstić information content (AvgIpc) is 2.24. The van der Waals surface area contributed by atoms with Gasteiger partial charge in [0, 0.05) is 6.42 Å². The van der Waals surface area contributed by atoms with E-state index in [1.165, 1.54) is 6.92 Å². The first-order valence-corrected chi connectivity index (χ1v) is 4.49. The SMILES string of the molecule is CC1CC(Br)(C(=O)C(F)(F)F)C(=O)O1. The van der Waals surface area contributed by atoms with Crippen LogP contribution in [0, 0.1) is 0 Å². The topological polar surface area (TPSA) is 43.4 Å². The zero-order chi connectivity index (χ0) is 11.1. The van der Waals surface area contributed by atoms with E-state index in [4.69, 9.17) is 0 Å². The van der Waals surface area contributed by atoms with Crippen molar-refractivity contribution in [3.05, 3.63) is 0 Å². The predicted molar refractivity (Wildman–Crippen MR) is 42.9 cm³/mol. The molecule has 80 valence electrons. The molecular formula is C7H6BrF3O3. The normalized spacial score (nSPS) is 32.9. The monoisotopic (exact) mass is 274 g/mol. The molecule has 0 amide bonds. The first-order chi connectivity index (χ1) is 6.18. The second-order valence-electron chi connectivity index (χ2n) is 3.05. The molecular weight excluding hydrogens is 269 g/mol. The molecule has 1 fully saturated rings. The summed E-state index contributed by atoms with van der Waals surface area (Å²) >= 11 is 2.51. The van der Waals surface area contributed by atoms with Gasteiger partial charge in [0.25, 0.3) is 5.78 Å². The summed E-state index contributed by atoms with van der Waals surface area (Å²) in [6.45, 7) is 1.42. The summed E-state index contributed by atoms with van der Waals surface area (Å²) in [7, 11) is 0. The van der Waals surface area contributed by atoms with E-state index in [1.54, 1.807) is 0 Å². The van der Waals surface area contributed by atoms with Crippen LogP contribution in [0.15, 0.2) is 0 Å². The molecule has 7 heteroatoms. The molecule has 0 N–H and O–H groups in total. The average molecular weight is 275 g/mol. The minimum atomic E-state index is -5.04. The number of ketones is 1. The lowest BCUT2D eigenvalue weighted by Crippen LogP contribution is -2.45. The molecule has 0 aromatic rings. The fraction of sp³-hybridized carbons (Fsp3) is 0.714. The van der Waals surface area contributed by atoms with Crippen molar-refractivity contribution in [2.24, 2.45) is 0 Å². The number of cyclic esters (lactones) is 1. The highest BCUT2D eigenvalue weighted by Crippen LogP contribution is 2.39. The van der Waals surface area contributed by atoms with E-state index in [1.807, 2.05) is 0 Å². The molecule has 0 aliphatic carbocycles. The van der Waals surface area contributed by atoms with E-state index in [2.05, 4.69) is 20.7 Å². The molecule has 0 bridgehead atoms. The number of rotatable bonds is 1. The maximum atomic E-state index is 12.1. The molecule has 1 rings (SSSR count). The molecule has 1 aliphatic heterocycles. The summed E-state index contributed by atoms with van der Waals surface area (Å²) in [6, 6.07) is 0. The van der Waals surface area contributed by atoms with E-state index < -0.39 is 28.4 Å². The van der Waals surface area contributed by atoms with Crippen LogP contribution in [0.25, 0.3) is 0 Å². The standard InChI is InChI=1S/C7H6BrF3O3/c1-3-2-6(8,5(13)14-3)4(12)7(9,10)11/h3H,2H2,1H3. The Bertz CT molecular complexity index is 288. The Morgan fingerprint density at radius 2 is 2.14 bits per heavy atom. The van der Waals surface area contributed by atoms with E-state index in [0.29, 0.717) is 0 Å². The second kappa shape index (κ2) is 3.22. The first-order valence-electron chi connectivity index (χ1n) is 3.69. The van der Waals surface area contributed by atoms with Crippen molar-refractivity contribution in [1.82, 2.24) is 0 Å². The molecule has 0 aromatic carbocycles. The van der Waals surface area contributed by atoms with Crippen molar-refractivity contribution in [2.45, 2.75) is 29.9 Å². The van der Waals surface area contributed by atoms with E-state index in [-0.39, 0.29) is 6.42 Å². The zero-order valence-electron chi connectivity index (χ0n) is 7.02. The first kappa shape index (κ1) is 11.5. The van der Waals surface area contributed by atoms with Gasteiger partial charge in [-0.25, -0.2) is 0 Å². The summed E-state index contributed by atoms with van der Waals surface area (Å²) in [4.78, 5) is 21.9. The highest BCUT2D eigenvalue weighted by Gasteiger charge is 2.60. The van der Waals surface area contributed by atoms with E-state index in [9.17, 15) is 22.8 Å². The smallest absolute Gasteiger partial charge is 0.452 e. The van der Waals surface area contributed by atoms with Crippen molar-refractivity contribution >= 4 is 27.7 Å². The van der Waals surface area contributed by atoms with Gasteiger partial charge in [-0.05, 0) is 6.92 Å². The Hall–Kier alpha value is -0.590. The fourth-order valence-electron chi connectivity index (χ4n) is 1.21. The molecule has 1 saturated heterocycles. The maximum absolute atomic E-state index is 12.1. The van der Waals surface area contributed by atoms with Crippen molar-refractivity contribution < 1.29 is 27.5 Å². The number of esters is 1. The van der Waals surface area contributed by atoms with Crippen molar-refractivity contribution in [2.75, 3.05) is 0 Å². The minimum Gasteiger partial charge on any atom is -0.461 e. The lowest BCUT2D eigenvalue weighted by atomic mass is 10.00. The van der Waals surface area contributed by atoms with Crippen molar-refractivity contribution in [3.8, 4) is 0 Å². The third kappa shape index (κ3) is 1.77. The number of alkyl halides is 4. The van der Waals surface area contributed by atoms with Crippen LogP contribution in [-0.4, -0.2) is 28.4 Å². The molecule has 3 nitrogen and oxygen atoms in total. The van der Waals surface area contributed by atoms with Gasteiger partial charge in [-0.3, -0.25) is 9.59 Å². The number of halogens is 4. The second-order valence-corrected chi connectivity index (χ2v) is 4.40. The molecule has 0 radical (unpaired) electrons. The van der Waals surface area contributed by atoms with Crippen LogP contribution in [0.1, 0.15) is 13.3 Å². The van der Waals surface area contributed by atoms with Crippen LogP contribution >= 0.6 is 15.9 Å². The van der Waals surface area contributed by atoms with Gasteiger partial charge in [-0.15, -0.1) is 0 Å². The van der Waals surface area contributed by atoms with Gasteiger partial charge in [0.2, 0.25) is 0 Å². The van der Waals surface area contributed by atoms with E-state index in [0.717, 1.165) is 0 Å². The lowest BCUT2D eigenvalue weighted by molar-refractivity contribution is -0.175. The van der Waals surface area contributed by atoms with Crippen molar-refractivity contribution in [1.29, 1.82) is 0 Å². The number of carbonyl (C=O) groups is 2. The Kier molecular flexibility index (Phi) is 2.64. The van der Waals surface area contributed by atoms with Crippen LogP contribution in [-0.2, 0) is 14.3 Å². The van der Waals surface area contributed by atoms with Gasteiger partial charge in [0.1, 0.15) is 6.10 Å². The number of ether oxygens (including phenoxy) is 1. The molecule has 1 aliphatic rings.